The van der Waals surface area contributed by atoms with Crippen molar-refractivity contribution in [2.24, 2.45) is 4.99 Å². The second kappa shape index (κ2) is 6.36. The molecule has 3 heteroatoms. The Kier molecular flexibility index (Phi) is 4.56. The van der Waals surface area contributed by atoms with Gasteiger partial charge in [-0.05, 0) is 86.2 Å². The molecule has 0 saturated heterocycles. The molecule has 0 aliphatic carbocycles. The molecule has 2 aromatic carbocycles. The molecule has 2 aromatic rings. The van der Waals surface area contributed by atoms with Gasteiger partial charge in [-0.2, -0.15) is 0 Å². The predicted octanol–water partition coefficient (Wildman–Crippen LogP) is 6.23. The van der Waals surface area contributed by atoms with Crippen LogP contribution < -0.4 is 4.90 Å². The molecule has 1 heterocycles. The molecule has 0 bridgehead atoms. The molecular formula is C21H25BrN2. The second-order valence-corrected chi connectivity index (χ2v) is 8.39. The van der Waals surface area contributed by atoms with Crippen molar-refractivity contribution in [2.75, 3.05) is 11.9 Å². The highest BCUT2D eigenvalue weighted by Gasteiger charge is 2.34. The van der Waals surface area contributed by atoms with Crippen molar-refractivity contribution < 1.29 is 0 Å². The van der Waals surface area contributed by atoms with E-state index in [4.69, 9.17) is 0 Å². The van der Waals surface area contributed by atoms with Crippen molar-refractivity contribution >= 4 is 33.5 Å². The first-order valence-electron chi connectivity index (χ1n) is 8.46. The number of hydrogen-bond acceptors (Lipinski definition) is 2. The van der Waals surface area contributed by atoms with Crippen molar-refractivity contribution in [3.05, 3.63) is 57.6 Å². The minimum Gasteiger partial charge on any atom is -0.369 e. The quantitative estimate of drug-likeness (QED) is 0.560. The first kappa shape index (κ1) is 17.2. The lowest BCUT2D eigenvalue weighted by Crippen LogP contribution is -2.45. The van der Waals surface area contributed by atoms with E-state index in [1.807, 2.05) is 30.5 Å². The molecule has 0 aromatic heterocycles. The van der Waals surface area contributed by atoms with Gasteiger partial charge in [0, 0.05) is 29.0 Å². The van der Waals surface area contributed by atoms with Gasteiger partial charge in [0.25, 0.3) is 0 Å². The highest BCUT2D eigenvalue weighted by Crippen LogP contribution is 2.43. The number of fused-ring (bicyclic) bond motifs is 1. The van der Waals surface area contributed by atoms with Gasteiger partial charge in [0.05, 0.1) is 5.69 Å². The van der Waals surface area contributed by atoms with E-state index in [1.165, 1.54) is 28.8 Å². The summed E-state index contributed by atoms with van der Waals surface area (Å²) in [5.74, 6) is 0.562. The Morgan fingerprint density at radius 1 is 1.21 bits per heavy atom. The van der Waals surface area contributed by atoms with E-state index in [1.54, 1.807) is 0 Å². The van der Waals surface area contributed by atoms with Crippen LogP contribution in [-0.4, -0.2) is 18.8 Å². The maximum Gasteiger partial charge on any atom is 0.0630 e. The molecule has 1 aliphatic rings. The number of benzene rings is 2. The molecule has 0 amide bonds. The highest BCUT2D eigenvalue weighted by atomic mass is 79.9. The molecule has 0 saturated carbocycles. The molecule has 0 unspecified atom stereocenters. The van der Waals surface area contributed by atoms with Gasteiger partial charge in [-0.3, -0.25) is 4.99 Å². The maximum absolute atomic E-state index is 4.64. The first-order valence-corrected chi connectivity index (χ1v) is 9.25. The third-order valence-electron chi connectivity index (χ3n) is 5.20. The van der Waals surface area contributed by atoms with Gasteiger partial charge in [0.15, 0.2) is 0 Å². The summed E-state index contributed by atoms with van der Waals surface area (Å²) >= 11 is 3.46. The number of halogens is 1. The number of aliphatic imine (C=N–C) groups is 1. The summed E-state index contributed by atoms with van der Waals surface area (Å²) in [5, 5.41) is 0. The number of aryl methyl sites for hydroxylation is 1. The lowest BCUT2D eigenvalue weighted by Gasteiger charge is -2.45. The lowest BCUT2D eigenvalue weighted by atomic mass is 9.79. The normalized spacial score (nSPS) is 19.6. The molecule has 0 N–H and O–H groups in total. The molecule has 24 heavy (non-hydrogen) atoms. The summed E-state index contributed by atoms with van der Waals surface area (Å²) in [6, 6.07) is 12.7. The Hall–Kier alpha value is -1.61. The number of hydrogen-bond donors (Lipinski definition) is 0. The maximum atomic E-state index is 4.64. The van der Waals surface area contributed by atoms with Crippen molar-refractivity contribution in [3.63, 3.8) is 0 Å². The molecule has 1 atom stereocenters. The Labute approximate surface area is 153 Å². The Bertz CT molecular complexity index is 775. The zero-order valence-electron chi connectivity index (χ0n) is 15.1. The molecule has 2 nitrogen and oxygen atoms in total. The van der Waals surface area contributed by atoms with Gasteiger partial charge in [-0.1, -0.05) is 22.9 Å². The second-order valence-electron chi connectivity index (χ2n) is 7.48. The van der Waals surface area contributed by atoms with E-state index in [0.717, 1.165) is 10.2 Å². The molecular weight excluding hydrogens is 360 g/mol. The van der Waals surface area contributed by atoms with Crippen LogP contribution >= 0.6 is 15.9 Å². The van der Waals surface area contributed by atoms with Crippen LogP contribution in [0.3, 0.4) is 0 Å². The Morgan fingerprint density at radius 3 is 2.54 bits per heavy atom. The van der Waals surface area contributed by atoms with E-state index in [2.05, 4.69) is 72.7 Å². The van der Waals surface area contributed by atoms with Crippen LogP contribution in [0.5, 0.6) is 0 Å². The molecule has 0 spiro atoms. The van der Waals surface area contributed by atoms with Crippen LogP contribution in [0.1, 0.15) is 49.8 Å². The van der Waals surface area contributed by atoms with E-state index in [9.17, 15) is 0 Å². The highest BCUT2D eigenvalue weighted by molar-refractivity contribution is 9.10. The number of anilines is 1. The van der Waals surface area contributed by atoms with Crippen LogP contribution in [0, 0.1) is 6.92 Å². The molecule has 1 aliphatic heterocycles. The minimum atomic E-state index is 0.200. The molecule has 0 fully saturated rings. The standard InChI is InChI=1S/C21H25BrN2/c1-14-10-20-19(15(2)12-21(3,4)24(20)5)11-16(14)13-23-18-8-6-17(22)7-9-18/h6-11,13,15H,12H2,1-5H3/t15-/m0/s1. The van der Waals surface area contributed by atoms with E-state index in [0.29, 0.717) is 5.92 Å². The van der Waals surface area contributed by atoms with E-state index >= 15 is 0 Å². The van der Waals surface area contributed by atoms with Crippen LogP contribution in [0.25, 0.3) is 0 Å². The van der Waals surface area contributed by atoms with E-state index < -0.39 is 0 Å². The number of nitrogens with zero attached hydrogens (tertiary/aromatic N) is 2. The molecule has 3 rings (SSSR count). The minimum absolute atomic E-state index is 0.200. The average molecular weight is 385 g/mol. The zero-order valence-corrected chi connectivity index (χ0v) is 16.7. The smallest absolute Gasteiger partial charge is 0.0630 e. The van der Waals surface area contributed by atoms with Crippen molar-refractivity contribution in [1.29, 1.82) is 0 Å². The van der Waals surface area contributed by atoms with Gasteiger partial charge in [0.1, 0.15) is 0 Å². The van der Waals surface area contributed by atoms with Gasteiger partial charge in [-0.15, -0.1) is 0 Å². The fourth-order valence-corrected chi connectivity index (χ4v) is 3.81. The summed E-state index contributed by atoms with van der Waals surface area (Å²) in [7, 11) is 2.21. The molecule has 126 valence electrons. The fraction of sp³-hybridized carbons (Fsp3) is 0.381. The summed E-state index contributed by atoms with van der Waals surface area (Å²) in [6.45, 7) is 9.15. The Morgan fingerprint density at radius 2 is 1.88 bits per heavy atom. The van der Waals surface area contributed by atoms with Crippen molar-refractivity contribution in [3.8, 4) is 0 Å². The van der Waals surface area contributed by atoms with Gasteiger partial charge in [0.2, 0.25) is 0 Å². The van der Waals surface area contributed by atoms with Crippen LogP contribution in [0.15, 0.2) is 45.9 Å². The average Bonchev–Trinajstić information content (AvgIpc) is 2.52. The number of rotatable bonds is 2. The lowest BCUT2D eigenvalue weighted by molar-refractivity contribution is 0.395. The predicted molar refractivity (Wildman–Crippen MR) is 108 cm³/mol. The fourth-order valence-electron chi connectivity index (χ4n) is 3.54. The monoisotopic (exact) mass is 384 g/mol. The third kappa shape index (κ3) is 3.27. The van der Waals surface area contributed by atoms with Crippen LogP contribution in [-0.2, 0) is 0 Å². The largest absolute Gasteiger partial charge is 0.369 e. The topological polar surface area (TPSA) is 15.6 Å². The Balaban J connectivity index is 1.97. The van der Waals surface area contributed by atoms with Gasteiger partial charge >= 0.3 is 0 Å². The van der Waals surface area contributed by atoms with Crippen LogP contribution in [0.2, 0.25) is 0 Å². The van der Waals surface area contributed by atoms with Crippen molar-refractivity contribution in [2.45, 2.75) is 45.6 Å². The SMILES string of the molecule is Cc1cc2c(cc1C=Nc1ccc(Br)cc1)[C@@H](C)CC(C)(C)N2C. The molecule has 0 radical (unpaired) electrons. The van der Waals surface area contributed by atoms with Crippen LogP contribution in [0.4, 0.5) is 11.4 Å². The van der Waals surface area contributed by atoms with Crippen molar-refractivity contribution in [1.82, 2.24) is 0 Å². The zero-order chi connectivity index (χ0) is 17.5. The third-order valence-corrected chi connectivity index (χ3v) is 5.73. The summed E-state index contributed by atoms with van der Waals surface area (Å²) < 4.78 is 1.07. The van der Waals surface area contributed by atoms with Gasteiger partial charge < -0.3 is 4.90 Å². The summed E-state index contributed by atoms with van der Waals surface area (Å²) in [6.07, 6.45) is 3.16. The summed E-state index contributed by atoms with van der Waals surface area (Å²) in [5.41, 5.74) is 6.44. The van der Waals surface area contributed by atoms with Gasteiger partial charge in [-0.25, -0.2) is 0 Å². The summed E-state index contributed by atoms with van der Waals surface area (Å²) in [4.78, 5) is 7.06. The van der Waals surface area contributed by atoms with E-state index in [-0.39, 0.29) is 5.54 Å². The first-order chi connectivity index (χ1) is 11.3.